The summed E-state index contributed by atoms with van der Waals surface area (Å²) in [4.78, 5) is 14.7. The third-order valence-corrected chi connectivity index (χ3v) is 4.22. The molecule has 0 aliphatic heterocycles. The van der Waals surface area contributed by atoms with Crippen LogP contribution in [0.4, 0.5) is 5.69 Å². The first-order chi connectivity index (χ1) is 11.1. The third-order valence-electron chi connectivity index (χ3n) is 3.22. The number of nitro groups is 1. The van der Waals surface area contributed by atoms with E-state index in [0.717, 1.165) is 15.3 Å². The van der Waals surface area contributed by atoms with Crippen LogP contribution in [0.5, 0.6) is 11.5 Å². The molecule has 1 aromatic heterocycles. The first-order valence-electron chi connectivity index (χ1n) is 6.67. The van der Waals surface area contributed by atoms with E-state index in [9.17, 15) is 15.2 Å². The summed E-state index contributed by atoms with van der Waals surface area (Å²) in [5, 5.41) is 21.1. The second kappa shape index (κ2) is 6.05. The SMILES string of the molecule is COc1cc(/C=C/c2nc3cc([N+](=O)[O-])ccc3s2)ccc1O. The zero-order valence-corrected chi connectivity index (χ0v) is 12.9. The molecule has 0 aliphatic carbocycles. The molecule has 0 aliphatic rings. The highest BCUT2D eigenvalue weighted by Crippen LogP contribution is 2.29. The average Bonchev–Trinajstić information content (AvgIpc) is 2.96. The molecule has 0 bridgehead atoms. The van der Waals surface area contributed by atoms with Gasteiger partial charge < -0.3 is 9.84 Å². The molecule has 0 spiro atoms. The van der Waals surface area contributed by atoms with Crippen molar-refractivity contribution in [2.45, 2.75) is 0 Å². The minimum Gasteiger partial charge on any atom is -0.504 e. The average molecular weight is 328 g/mol. The van der Waals surface area contributed by atoms with Crippen molar-refractivity contribution in [2.75, 3.05) is 7.11 Å². The number of phenols is 1. The number of aromatic nitrogens is 1. The lowest BCUT2D eigenvalue weighted by Crippen LogP contribution is -1.86. The summed E-state index contributed by atoms with van der Waals surface area (Å²) < 4.78 is 5.95. The van der Waals surface area contributed by atoms with Gasteiger partial charge in [-0.1, -0.05) is 12.1 Å². The van der Waals surface area contributed by atoms with Crippen molar-refractivity contribution in [2.24, 2.45) is 0 Å². The minimum atomic E-state index is -0.434. The Bertz CT molecular complexity index is 918. The number of aromatic hydroxyl groups is 1. The van der Waals surface area contributed by atoms with Crippen molar-refractivity contribution in [3.8, 4) is 11.5 Å². The normalized spacial score (nSPS) is 11.2. The topological polar surface area (TPSA) is 85.5 Å². The largest absolute Gasteiger partial charge is 0.504 e. The summed E-state index contributed by atoms with van der Waals surface area (Å²) in [6.07, 6.45) is 3.66. The molecule has 0 saturated carbocycles. The molecule has 23 heavy (non-hydrogen) atoms. The second-order valence-corrected chi connectivity index (χ2v) is 5.79. The zero-order valence-electron chi connectivity index (χ0n) is 12.1. The van der Waals surface area contributed by atoms with Gasteiger partial charge in [0.05, 0.1) is 22.2 Å². The van der Waals surface area contributed by atoms with Gasteiger partial charge in [0.25, 0.3) is 5.69 Å². The van der Waals surface area contributed by atoms with Crippen LogP contribution >= 0.6 is 11.3 Å². The lowest BCUT2D eigenvalue weighted by Gasteiger charge is -2.03. The monoisotopic (exact) mass is 328 g/mol. The van der Waals surface area contributed by atoms with Gasteiger partial charge in [0, 0.05) is 12.1 Å². The fourth-order valence-electron chi connectivity index (χ4n) is 2.08. The lowest BCUT2D eigenvalue weighted by atomic mass is 10.2. The zero-order chi connectivity index (χ0) is 16.4. The molecule has 1 heterocycles. The minimum absolute atomic E-state index is 0.0293. The Hall–Kier alpha value is -2.93. The van der Waals surface area contributed by atoms with E-state index < -0.39 is 4.92 Å². The predicted octanol–water partition coefficient (Wildman–Crippen LogP) is 4.09. The molecule has 3 aromatic rings. The molecule has 0 amide bonds. The highest BCUT2D eigenvalue weighted by Gasteiger charge is 2.09. The molecule has 0 fully saturated rings. The van der Waals surface area contributed by atoms with Crippen LogP contribution < -0.4 is 4.74 Å². The van der Waals surface area contributed by atoms with Gasteiger partial charge in [-0.15, -0.1) is 11.3 Å². The van der Waals surface area contributed by atoms with Gasteiger partial charge in [-0.05, 0) is 29.8 Å². The maximum atomic E-state index is 10.8. The Balaban J connectivity index is 1.90. The van der Waals surface area contributed by atoms with E-state index in [-0.39, 0.29) is 11.4 Å². The van der Waals surface area contributed by atoms with Gasteiger partial charge in [0.15, 0.2) is 11.5 Å². The highest BCUT2D eigenvalue weighted by atomic mass is 32.1. The van der Waals surface area contributed by atoms with Crippen molar-refractivity contribution >= 4 is 39.4 Å². The molecule has 7 heteroatoms. The number of benzene rings is 2. The van der Waals surface area contributed by atoms with Crippen LogP contribution in [0.1, 0.15) is 10.6 Å². The lowest BCUT2D eigenvalue weighted by molar-refractivity contribution is -0.384. The number of non-ortho nitro benzene ring substituents is 1. The number of nitro benzene ring substituents is 1. The van der Waals surface area contributed by atoms with E-state index in [0.29, 0.717) is 11.3 Å². The maximum absolute atomic E-state index is 10.8. The van der Waals surface area contributed by atoms with Crippen molar-refractivity contribution in [3.05, 3.63) is 57.1 Å². The van der Waals surface area contributed by atoms with Crippen LogP contribution in [0.15, 0.2) is 36.4 Å². The first kappa shape index (κ1) is 15.0. The number of fused-ring (bicyclic) bond motifs is 1. The molecular weight excluding hydrogens is 316 g/mol. The summed E-state index contributed by atoms with van der Waals surface area (Å²) in [6, 6.07) is 9.66. The summed E-state index contributed by atoms with van der Waals surface area (Å²) in [7, 11) is 1.49. The van der Waals surface area contributed by atoms with Gasteiger partial charge in [-0.2, -0.15) is 0 Å². The number of ether oxygens (including phenoxy) is 1. The summed E-state index contributed by atoms with van der Waals surface area (Å²) >= 11 is 1.45. The van der Waals surface area contributed by atoms with Gasteiger partial charge in [0.1, 0.15) is 5.01 Å². The number of hydrogen-bond acceptors (Lipinski definition) is 6. The van der Waals surface area contributed by atoms with E-state index in [1.54, 1.807) is 24.3 Å². The Kier molecular flexibility index (Phi) is 3.94. The van der Waals surface area contributed by atoms with Crippen LogP contribution in [0.2, 0.25) is 0 Å². The Morgan fingerprint density at radius 2 is 2.09 bits per heavy atom. The molecule has 0 radical (unpaired) electrons. The quantitative estimate of drug-likeness (QED) is 0.576. The molecule has 116 valence electrons. The smallest absolute Gasteiger partial charge is 0.271 e. The molecule has 6 nitrogen and oxygen atoms in total. The van der Waals surface area contributed by atoms with E-state index in [1.165, 1.54) is 30.6 Å². The Morgan fingerprint density at radius 3 is 2.83 bits per heavy atom. The summed E-state index contributed by atoms with van der Waals surface area (Å²) in [6.45, 7) is 0. The van der Waals surface area contributed by atoms with E-state index in [2.05, 4.69) is 4.98 Å². The Labute approximate surface area is 135 Å². The molecule has 1 N–H and O–H groups in total. The fraction of sp³-hybridized carbons (Fsp3) is 0.0625. The standard InChI is InChI=1S/C16H12N2O4S/c1-22-14-8-10(2-5-13(14)19)3-7-16-17-12-9-11(18(20)21)4-6-15(12)23-16/h2-9,19H,1H3/b7-3+. The number of hydrogen-bond donors (Lipinski definition) is 1. The number of nitrogens with zero attached hydrogens (tertiary/aromatic N) is 2. The molecule has 0 unspecified atom stereocenters. The molecule has 3 rings (SSSR count). The number of thiazole rings is 1. The van der Waals surface area contributed by atoms with Crippen molar-refractivity contribution in [1.29, 1.82) is 0 Å². The highest BCUT2D eigenvalue weighted by molar-refractivity contribution is 7.19. The number of methoxy groups -OCH3 is 1. The van der Waals surface area contributed by atoms with Crippen molar-refractivity contribution < 1.29 is 14.8 Å². The maximum Gasteiger partial charge on any atom is 0.271 e. The Morgan fingerprint density at radius 1 is 1.26 bits per heavy atom. The van der Waals surface area contributed by atoms with Gasteiger partial charge in [-0.25, -0.2) is 4.98 Å². The molecule has 0 saturated heterocycles. The molecular formula is C16H12N2O4S. The predicted molar refractivity (Wildman–Crippen MR) is 89.9 cm³/mol. The molecule has 0 atom stereocenters. The van der Waals surface area contributed by atoms with Crippen LogP contribution in [-0.2, 0) is 0 Å². The second-order valence-electron chi connectivity index (χ2n) is 4.73. The van der Waals surface area contributed by atoms with Crippen LogP contribution in [0, 0.1) is 10.1 Å². The third kappa shape index (κ3) is 3.14. The van der Waals surface area contributed by atoms with Gasteiger partial charge >= 0.3 is 0 Å². The van der Waals surface area contributed by atoms with Crippen LogP contribution in [0.3, 0.4) is 0 Å². The van der Waals surface area contributed by atoms with Gasteiger partial charge in [0.2, 0.25) is 0 Å². The van der Waals surface area contributed by atoms with E-state index >= 15 is 0 Å². The van der Waals surface area contributed by atoms with Crippen LogP contribution in [-0.4, -0.2) is 22.1 Å². The summed E-state index contributed by atoms with van der Waals surface area (Å²) in [5.74, 6) is 0.476. The van der Waals surface area contributed by atoms with E-state index in [4.69, 9.17) is 4.74 Å². The first-order valence-corrected chi connectivity index (χ1v) is 7.48. The molecule has 2 aromatic carbocycles. The van der Waals surface area contributed by atoms with Crippen molar-refractivity contribution in [1.82, 2.24) is 4.98 Å². The van der Waals surface area contributed by atoms with E-state index in [1.807, 2.05) is 12.2 Å². The van der Waals surface area contributed by atoms with Crippen molar-refractivity contribution in [3.63, 3.8) is 0 Å². The number of rotatable bonds is 4. The fourth-order valence-corrected chi connectivity index (χ4v) is 2.93. The van der Waals surface area contributed by atoms with Gasteiger partial charge in [-0.3, -0.25) is 10.1 Å². The summed E-state index contributed by atoms with van der Waals surface area (Å²) in [5.41, 5.74) is 1.48. The van der Waals surface area contributed by atoms with Crippen LogP contribution in [0.25, 0.3) is 22.4 Å². The number of phenolic OH excluding ortho intramolecular Hbond substituents is 1.